The Morgan fingerprint density at radius 3 is 2.60 bits per heavy atom. The number of amides is 1. The molecule has 0 bridgehead atoms. The molecule has 0 aliphatic heterocycles. The molecule has 1 aromatic carbocycles. The summed E-state index contributed by atoms with van der Waals surface area (Å²) in [6.45, 7) is 3.89. The van der Waals surface area contributed by atoms with E-state index in [-0.39, 0.29) is 11.9 Å². The molecule has 0 saturated heterocycles. The highest BCUT2D eigenvalue weighted by molar-refractivity contribution is 5.95. The molecule has 2 rings (SSSR count). The fourth-order valence-electron chi connectivity index (χ4n) is 1.98. The van der Waals surface area contributed by atoms with E-state index in [2.05, 4.69) is 10.3 Å². The smallest absolute Gasteiger partial charge is 0.251 e. The average molecular weight is 270 g/mol. The van der Waals surface area contributed by atoms with Crippen molar-refractivity contribution in [2.24, 2.45) is 0 Å². The zero-order chi connectivity index (χ0) is 14.5. The predicted molar refractivity (Wildman–Crippen MR) is 77.8 cm³/mol. The quantitative estimate of drug-likeness (QED) is 0.929. The van der Waals surface area contributed by atoms with Crippen LogP contribution in [-0.4, -0.2) is 18.0 Å². The van der Waals surface area contributed by atoms with Gasteiger partial charge in [0.2, 0.25) is 0 Å². The van der Waals surface area contributed by atoms with Gasteiger partial charge in [-0.05, 0) is 49.2 Å². The average Bonchev–Trinajstić information content (AvgIpc) is 2.48. The Labute approximate surface area is 118 Å². The summed E-state index contributed by atoms with van der Waals surface area (Å²) >= 11 is 0. The molecule has 1 unspecified atom stereocenters. The lowest BCUT2D eigenvalue weighted by atomic mass is 10.1. The molecule has 104 valence electrons. The van der Waals surface area contributed by atoms with Gasteiger partial charge in [-0.2, -0.15) is 0 Å². The lowest BCUT2D eigenvalue weighted by Gasteiger charge is -2.15. The van der Waals surface area contributed by atoms with E-state index in [0.29, 0.717) is 11.3 Å². The van der Waals surface area contributed by atoms with Crippen LogP contribution < -0.4 is 10.1 Å². The van der Waals surface area contributed by atoms with E-state index >= 15 is 0 Å². The first-order valence-corrected chi connectivity index (χ1v) is 6.47. The SMILES string of the molecule is COc1cc(C(=O)NC(C)c2ccncc2)ccc1C. The number of ether oxygens (including phenoxy) is 1. The first-order valence-electron chi connectivity index (χ1n) is 6.47. The monoisotopic (exact) mass is 270 g/mol. The van der Waals surface area contributed by atoms with E-state index < -0.39 is 0 Å². The standard InChI is InChI=1S/C16H18N2O2/c1-11-4-5-14(10-15(11)20-3)16(19)18-12(2)13-6-8-17-9-7-13/h4-10,12H,1-3H3,(H,18,19). The fraction of sp³-hybridized carbons (Fsp3) is 0.250. The number of benzene rings is 1. The summed E-state index contributed by atoms with van der Waals surface area (Å²) in [6, 6.07) is 9.14. The van der Waals surface area contributed by atoms with E-state index in [0.717, 1.165) is 11.1 Å². The molecule has 4 nitrogen and oxygen atoms in total. The maximum Gasteiger partial charge on any atom is 0.251 e. The van der Waals surface area contributed by atoms with Gasteiger partial charge in [-0.15, -0.1) is 0 Å². The Morgan fingerprint density at radius 2 is 1.95 bits per heavy atom. The maximum absolute atomic E-state index is 12.2. The van der Waals surface area contributed by atoms with Crippen molar-refractivity contribution in [2.45, 2.75) is 19.9 Å². The number of pyridine rings is 1. The van der Waals surface area contributed by atoms with Crippen molar-refractivity contribution >= 4 is 5.91 Å². The lowest BCUT2D eigenvalue weighted by Crippen LogP contribution is -2.26. The number of methoxy groups -OCH3 is 1. The van der Waals surface area contributed by atoms with Crippen LogP contribution in [0.5, 0.6) is 5.75 Å². The van der Waals surface area contributed by atoms with E-state index in [9.17, 15) is 4.79 Å². The van der Waals surface area contributed by atoms with Gasteiger partial charge in [-0.3, -0.25) is 9.78 Å². The second kappa shape index (κ2) is 6.19. The van der Waals surface area contributed by atoms with Crippen LogP contribution in [0.25, 0.3) is 0 Å². The number of carbonyl (C=O) groups excluding carboxylic acids is 1. The molecule has 0 fully saturated rings. The van der Waals surface area contributed by atoms with Gasteiger partial charge < -0.3 is 10.1 Å². The van der Waals surface area contributed by atoms with Crippen LogP contribution in [0.2, 0.25) is 0 Å². The Morgan fingerprint density at radius 1 is 1.25 bits per heavy atom. The predicted octanol–water partition coefficient (Wildman–Crippen LogP) is 2.89. The van der Waals surface area contributed by atoms with Gasteiger partial charge in [0.15, 0.2) is 0 Å². The molecule has 20 heavy (non-hydrogen) atoms. The van der Waals surface area contributed by atoms with Crippen molar-refractivity contribution in [3.63, 3.8) is 0 Å². The van der Waals surface area contributed by atoms with Gasteiger partial charge in [0.25, 0.3) is 5.91 Å². The summed E-state index contributed by atoms with van der Waals surface area (Å²) in [4.78, 5) is 16.2. The van der Waals surface area contributed by atoms with Crippen molar-refractivity contribution in [1.82, 2.24) is 10.3 Å². The van der Waals surface area contributed by atoms with Gasteiger partial charge in [-0.25, -0.2) is 0 Å². The van der Waals surface area contributed by atoms with Crippen LogP contribution in [0, 0.1) is 6.92 Å². The Bertz CT molecular complexity index is 597. The molecule has 0 spiro atoms. The number of nitrogens with one attached hydrogen (secondary N) is 1. The third kappa shape index (κ3) is 3.15. The zero-order valence-corrected chi connectivity index (χ0v) is 11.9. The first-order chi connectivity index (χ1) is 9.61. The minimum Gasteiger partial charge on any atom is -0.496 e. The van der Waals surface area contributed by atoms with Gasteiger partial charge in [-0.1, -0.05) is 6.07 Å². The number of aromatic nitrogens is 1. The summed E-state index contributed by atoms with van der Waals surface area (Å²) in [6.07, 6.45) is 3.43. The molecule has 0 aliphatic carbocycles. The third-order valence-electron chi connectivity index (χ3n) is 3.22. The van der Waals surface area contributed by atoms with Crippen molar-refractivity contribution in [2.75, 3.05) is 7.11 Å². The Kier molecular flexibility index (Phi) is 4.35. The highest BCUT2D eigenvalue weighted by Crippen LogP contribution is 2.19. The molecule has 1 N–H and O–H groups in total. The number of hydrogen-bond acceptors (Lipinski definition) is 3. The zero-order valence-electron chi connectivity index (χ0n) is 11.9. The molecule has 2 aromatic rings. The number of rotatable bonds is 4. The topological polar surface area (TPSA) is 51.2 Å². The highest BCUT2D eigenvalue weighted by Gasteiger charge is 2.12. The van der Waals surface area contributed by atoms with Crippen LogP contribution >= 0.6 is 0 Å². The van der Waals surface area contributed by atoms with Crippen LogP contribution in [-0.2, 0) is 0 Å². The summed E-state index contributed by atoms with van der Waals surface area (Å²) in [7, 11) is 1.60. The number of carbonyl (C=O) groups is 1. The summed E-state index contributed by atoms with van der Waals surface area (Å²) in [5, 5.41) is 2.96. The molecule has 1 aromatic heterocycles. The number of nitrogens with zero attached hydrogens (tertiary/aromatic N) is 1. The third-order valence-corrected chi connectivity index (χ3v) is 3.22. The first kappa shape index (κ1) is 14.1. The Balaban J connectivity index is 2.12. The Hall–Kier alpha value is -2.36. The van der Waals surface area contributed by atoms with E-state index in [1.165, 1.54) is 0 Å². The molecule has 0 radical (unpaired) electrons. The molecule has 0 saturated carbocycles. The molecule has 0 aliphatic rings. The largest absolute Gasteiger partial charge is 0.496 e. The lowest BCUT2D eigenvalue weighted by molar-refractivity contribution is 0.0939. The van der Waals surface area contributed by atoms with Crippen molar-refractivity contribution in [3.8, 4) is 5.75 Å². The van der Waals surface area contributed by atoms with Crippen LogP contribution in [0.3, 0.4) is 0 Å². The van der Waals surface area contributed by atoms with Crippen molar-refractivity contribution in [1.29, 1.82) is 0 Å². The van der Waals surface area contributed by atoms with Crippen molar-refractivity contribution in [3.05, 3.63) is 59.4 Å². The molecular formula is C16H18N2O2. The molecule has 4 heteroatoms. The fourth-order valence-corrected chi connectivity index (χ4v) is 1.98. The maximum atomic E-state index is 12.2. The number of hydrogen-bond donors (Lipinski definition) is 1. The highest BCUT2D eigenvalue weighted by atomic mass is 16.5. The van der Waals surface area contributed by atoms with Gasteiger partial charge >= 0.3 is 0 Å². The van der Waals surface area contributed by atoms with Gasteiger partial charge in [0.05, 0.1) is 13.2 Å². The summed E-state index contributed by atoms with van der Waals surface area (Å²) in [5.41, 5.74) is 2.62. The van der Waals surface area contributed by atoms with Crippen LogP contribution in [0.1, 0.15) is 34.5 Å². The molecular weight excluding hydrogens is 252 g/mol. The summed E-state index contributed by atoms with van der Waals surface area (Å²) in [5.74, 6) is 0.599. The normalized spacial score (nSPS) is 11.8. The van der Waals surface area contributed by atoms with Gasteiger partial charge in [0, 0.05) is 18.0 Å². The van der Waals surface area contributed by atoms with E-state index in [1.807, 2.05) is 32.0 Å². The molecule has 1 amide bonds. The van der Waals surface area contributed by atoms with E-state index in [4.69, 9.17) is 4.74 Å². The number of aryl methyl sites for hydroxylation is 1. The van der Waals surface area contributed by atoms with Crippen molar-refractivity contribution < 1.29 is 9.53 Å². The summed E-state index contributed by atoms with van der Waals surface area (Å²) < 4.78 is 5.24. The van der Waals surface area contributed by atoms with Crippen LogP contribution in [0.4, 0.5) is 0 Å². The molecule has 1 heterocycles. The molecule has 1 atom stereocenters. The van der Waals surface area contributed by atoms with E-state index in [1.54, 1.807) is 31.6 Å². The second-order valence-corrected chi connectivity index (χ2v) is 4.66. The minimum atomic E-state index is -0.118. The second-order valence-electron chi connectivity index (χ2n) is 4.66. The van der Waals surface area contributed by atoms with Gasteiger partial charge in [0.1, 0.15) is 5.75 Å². The van der Waals surface area contributed by atoms with Crippen LogP contribution in [0.15, 0.2) is 42.7 Å². The minimum absolute atomic E-state index is 0.0715.